The summed E-state index contributed by atoms with van der Waals surface area (Å²) < 4.78 is 5.47. The smallest absolute Gasteiger partial charge is 0.349 e. The minimum Gasteiger partial charge on any atom is -0.427 e. The van der Waals surface area contributed by atoms with E-state index in [0.29, 0.717) is 29.1 Å². The predicted molar refractivity (Wildman–Crippen MR) is 101 cm³/mol. The molecule has 7 heteroatoms. The zero-order valence-electron chi connectivity index (χ0n) is 15.1. The van der Waals surface area contributed by atoms with E-state index in [1.807, 2.05) is 0 Å². The van der Waals surface area contributed by atoms with E-state index in [0.717, 1.165) is 31.5 Å². The highest BCUT2D eigenvalue weighted by atomic mass is 16.4. The van der Waals surface area contributed by atoms with Gasteiger partial charge in [0.1, 0.15) is 11.3 Å². The largest absolute Gasteiger partial charge is 0.427 e. The maximum absolute atomic E-state index is 12.6. The molecule has 0 radical (unpaired) electrons. The first-order valence-electron chi connectivity index (χ1n) is 9.11. The number of amides is 2. The highest BCUT2D eigenvalue weighted by Gasteiger charge is 2.23. The second-order valence-corrected chi connectivity index (χ2v) is 7.07. The van der Waals surface area contributed by atoms with Gasteiger partial charge in [0.05, 0.1) is 6.42 Å². The van der Waals surface area contributed by atoms with E-state index in [1.54, 1.807) is 31.2 Å². The summed E-state index contributed by atoms with van der Waals surface area (Å²) in [6, 6.07) is 7.00. The van der Waals surface area contributed by atoms with Gasteiger partial charge in [-0.05, 0) is 62.2 Å². The predicted octanol–water partition coefficient (Wildman–Crippen LogP) is 2.16. The fraction of sp³-hybridized carbons (Fsp3) is 0.350. The van der Waals surface area contributed by atoms with Crippen LogP contribution in [0.2, 0.25) is 0 Å². The number of rotatable bonds is 3. The minimum absolute atomic E-state index is 0.0113. The summed E-state index contributed by atoms with van der Waals surface area (Å²) >= 11 is 0. The average Bonchev–Trinajstić information content (AvgIpc) is 3.01. The zero-order chi connectivity index (χ0) is 19.0. The number of anilines is 2. The summed E-state index contributed by atoms with van der Waals surface area (Å²) in [4.78, 5) is 36.6. The van der Waals surface area contributed by atoms with Gasteiger partial charge in [0, 0.05) is 17.3 Å². The molecule has 2 aliphatic rings. The number of hydrogen-bond acceptors (Lipinski definition) is 5. The van der Waals surface area contributed by atoms with Gasteiger partial charge in [-0.3, -0.25) is 9.59 Å². The van der Waals surface area contributed by atoms with Crippen LogP contribution in [0.4, 0.5) is 11.4 Å². The van der Waals surface area contributed by atoms with Crippen molar-refractivity contribution in [2.75, 3.05) is 23.7 Å². The number of benzene rings is 1. The molecule has 3 heterocycles. The lowest BCUT2D eigenvalue weighted by Gasteiger charge is -2.22. The van der Waals surface area contributed by atoms with Gasteiger partial charge in [-0.25, -0.2) is 4.79 Å². The monoisotopic (exact) mass is 367 g/mol. The fourth-order valence-corrected chi connectivity index (χ4v) is 3.70. The van der Waals surface area contributed by atoms with E-state index >= 15 is 0 Å². The number of piperidine rings is 1. The second kappa shape index (κ2) is 7.00. The molecule has 0 spiro atoms. The zero-order valence-corrected chi connectivity index (χ0v) is 15.1. The Morgan fingerprint density at radius 3 is 2.70 bits per heavy atom. The topological polar surface area (TPSA) is 100 Å². The van der Waals surface area contributed by atoms with Crippen molar-refractivity contribution in [2.24, 2.45) is 0 Å². The fourth-order valence-electron chi connectivity index (χ4n) is 3.70. The first-order valence-corrected chi connectivity index (χ1v) is 9.11. The van der Waals surface area contributed by atoms with Crippen LogP contribution in [-0.4, -0.2) is 24.9 Å². The molecule has 1 saturated heterocycles. The molecule has 0 atom stereocenters. The van der Waals surface area contributed by atoms with Crippen molar-refractivity contribution in [2.45, 2.75) is 32.1 Å². The molecule has 1 aromatic carbocycles. The Morgan fingerprint density at radius 2 is 1.96 bits per heavy atom. The Bertz CT molecular complexity index is 974. The molecule has 0 unspecified atom stereocenters. The van der Waals surface area contributed by atoms with Crippen molar-refractivity contribution in [3.63, 3.8) is 0 Å². The van der Waals surface area contributed by atoms with Gasteiger partial charge >= 0.3 is 5.63 Å². The maximum Gasteiger partial charge on any atom is 0.349 e. The summed E-state index contributed by atoms with van der Waals surface area (Å²) in [5.74, 6) is 0.270. The van der Waals surface area contributed by atoms with Crippen molar-refractivity contribution in [1.82, 2.24) is 5.32 Å². The third kappa shape index (κ3) is 3.50. The van der Waals surface area contributed by atoms with Gasteiger partial charge in [0.15, 0.2) is 0 Å². The minimum atomic E-state index is -0.615. The van der Waals surface area contributed by atoms with Gasteiger partial charge in [-0.2, -0.15) is 0 Å². The van der Waals surface area contributed by atoms with Gasteiger partial charge in [-0.1, -0.05) is 6.07 Å². The molecule has 4 rings (SSSR count). The van der Waals surface area contributed by atoms with Crippen LogP contribution in [0.5, 0.6) is 0 Å². The number of fused-ring (bicyclic) bond motifs is 1. The molecule has 1 fully saturated rings. The Labute approximate surface area is 156 Å². The SMILES string of the molecule is Cc1cc(C2CCNCC2)oc(=O)c1C(=O)Nc1ccc2c(c1)NC(=O)C2. The molecule has 0 aliphatic carbocycles. The first-order chi connectivity index (χ1) is 13.0. The average molecular weight is 367 g/mol. The standard InChI is InChI=1S/C20H21N3O4/c1-11-8-16(12-4-6-21-7-5-12)27-20(26)18(11)19(25)22-14-3-2-13-9-17(24)23-15(13)10-14/h2-3,8,10,12,21H,4-7,9H2,1H3,(H,22,25)(H,23,24). The van der Waals surface area contributed by atoms with Gasteiger partial charge in [-0.15, -0.1) is 0 Å². The quantitative estimate of drug-likeness (QED) is 0.772. The second-order valence-electron chi connectivity index (χ2n) is 7.07. The highest BCUT2D eigenvalue weighted by Crippen LogP contribution is 2.27. The van der Waals surface area contributed by atoms with Crippen molar-refractivity contribution in [1.29, 1.82) is 0 Å². The van der Waals surface area contributed by atoms with Gasteiger partial charge in [0.25, 0.3) is 5.91 Å². The van der Waals surface area contributed by atoms with E-state index < -0.39 is 11.5 Å². The Hall–Kier alpha value is -2.93. The van der Waals surface area contributed by atoms with E-state index in [1.165, 1.54) is 0 Å². The van der Waals surface area contributed by atoms with Gasteiger partial charge < -0.3 is 20.4 Å². The van der Waals surface area contributed by atoms with Crippen molar-refractivity contribution >= 4 is 23.2 Å². The Kier molecular flexibility index (Phi) is 4.53. The number of carbonyl (C=O) groups is 2. The lowest BCUT2D eigenvalue weighted by atomic mass is 9.94. The Morgan fingerprint density at radius 1 is 1.19 bits per heavy atom. The summed E-state index contributed by atoms with van der Waals surface area (Å²) in [6.45, 7) is 3.54. The summed E-state index contributed by atoms with van der Waals surface area (Å²) in [5.41, 5.74) is 2.09. The molecule has 1 aromatic heterocycles. The van der Waals surface area contributed by atoms with Crippen LogP contribution in [0.25, 0.3) is 0 Å². The van der Waals surface area contributed by atoms with Crippen LogP contribution in [-0.2, 0) is 11.2 Å². The third-order valence-corrected chi connectivity index (χ3v) is 5.13. The van der Waals surface area contributed by atoms with Crippen LogP contribution in [0.3, 0.4) is 0 Å². The van der Waals surface area contributed by atoms with E-state index in [2.05, 4.69) is 16.0 Å². The maximum atomic E-state index is 12.6. The molecular formula is C20H21N3O4. The van der Waals surface area contributed by atoms with E-state index in [4.69, 9.17) is 4.42 Å². The summed E-state index contributed by atoms with van der Waals surface area (Å²) in [7, 11) is 0. The van der Waals surface area contributed by atoms with Crippen molar-refractivity contribution < 1.29 is 14.0 Å². The number of carbonyl (C=O) groups excluding carboxylic acids is 2. The number of nitrogens with one attached hydrogen (secondary N) is 3. The molecule has 2 aromatic rings. The summed E-state index contributed by atoms with van der Waals surface area (Å²) in [5, 5.41) is 8.75. The molecule has 2 amide bonds. The van der Waals surface area contributed by atoms with Crippen LogP contribution < -0.4 is 21.6 Å². The highest BCUT2D eigenvalue weighted by molar-refractivity contribution is 6.06. The first kappa shape index (κ1) is 17.5. The normalized spacial score (nSPS) is 16.7. The Balaban J connectivity index is 1.56. The number of hydrogen-bond donors (Lipinski definition) is 3. The molecule has 3 N–H and O–H groups in total. The van der Waals surface area contributed by atoms with Crippen LogP contribution >= 0.6 is 0 Å². The molecule has 0 saturated carbocycles. The van der Waals surface area contributed by atoms with E-state index in [-0.39, 0.29) is 17.4 Å². The molecular weight excluding hydrogens is 346 g/mol. The van der Waals surface area contributed by atoms with Crippen molar-refractivity contribution in [3.8, 4) is 0 Å². The molecule has 7 nitrogen and oxygen atoms in total. The molecule has 2 aliphatic heterocycles. The lowest BCUT2D eigenvalue weighted by Crippen LogP contribution is -2.28. The third-order valence-electron chi connectivity index (χ3n) is 5.13. The van der Waals surface area contributed by atoms with E-state index in [9.17, 15) is 14.4 Å². The van der Waals surface area contributed by atoms with Crippen LogP contribution in [0.15, 0.2) is 33.5 Å². The number of aryl methyl sites for hydroxylation is 1. The van der Waals surface area contributed by atoms with Gasteiger partial charge in [0.2, 0.25) is 5.91 Å². The summed E-state index contributed by atoms with van der Waals surface area (Å²) in [6.07, 6.45) is 2.16. The van der Waals surface area contributed by atoms with Crippen molar-refractivity contribution in [3.05, 3.63) is 57.1 Å². The molecule has 140 valence electrons. The molecule has 0 bridgehead atoms. The van der Waals surface area contributed by atoms with Crippen LogP contribution in [0, 0.1) is 6.92 Å². The molecule has 27 heavy (non-hydrogen) atoms. The lowest BCUT2D eigenvalue weighted by molar-refractivity contribution is -0.115. The van der Waals surface area contributed by atoms with Crippen LogP contribution in [0.1, 0.15) is 46.0 Å².